The van der Waals surface area contributed by atoms with Crippen LogP contribution in [0.3, 0.4) is 0 Å². The van der Waals surface area contributed by atoms with E-state index in [1.807, 2.05) is 0 Å². The zero-order chi connectivity index (χ0) is 13.0. The first kappa shape index (κ1) is 12.7. The van der Waals surface area contributed by atoms with Crippen molar-refractivity contribution in [2.45, 2.75) is 18.9 Å². The third-order valence-electron chi connectivity index (χ3n) is 3.13. The molecular formula is C13H20N4O. The standard InChI is InChI=1S/C13H20N4O/c1-17-8-2-3-12(9-17)16-13(18)15-11-6-4-10(14)5-7-11/h4-7,12H,2-3,8-9,14H2,1H3,(H2,15,16,18). The minimum Gasteiger partial charge on any atom is -0.399 e. The molecule has 98 valence electrons. The van der Waals surface area contributed by atoms with Crippen LogP contribution in [0.4, 0.5) is 16.2 Å². The Morgan fingerprint density at radius 2 is 2.11 bits per heavy atom. The summed E-state index contributed by atoms with van der Waals surface area (Å²) in [4.78, 5) is 14.0. The van der Waals surface area contributed by atoms with E-state index in [1.165, 1.54) is 0 Å². The summed E-state index contributed by atoms with van der Waals surface area (Å²) < 4.78 is 0. The van der Waals surface area contributed by atoms with Crippen molar-refractivity contribution < 1.29 is 4.79 Å². The van der Waals surface area contributed by atoms with Crippen molar-refractivity contribution in [2.75, 3.05) is 31.2 Å². The lowest BCUT2D eigenvalue weighted by atomic mass is 10.1. The quantitative estimate of drug-likeness (QED) is 0.694. The van der Waals surface area contributed by atoms with Gasteiger partial charge in [0, 0.05) is 24.0 Å². The topological polar surface area (TPSA) is 70.4 Å². The van der Waals surface area contributed by atoms with Gasteiger partial charge in [0.2, 0.25) is 0 Å². The van der Waals surface area contributed by atoms with Crippen LogP contribution in [0.25, 0.3) is 0 Å². The molecule has 1 fully saturated rings. The molecule has 1 aliphatic heterocycles. The molecule has 0 radical (unpaired) electrons. The van der Waals surface area contributed by atoms with Gasteiger partial charge >= 0.3 is 6.03 Å². The summed E-state index contributed by atoms with van der Waals surface area (Å²) in [6.45, 7) is 2.02. The van der Waals surface area contributed by atoms with Gasteiger partial charge in [0.05, 0.1) is 0 Å². The van der Waals surface area contributed by atoms with Gasteiger partial charge in [-0.3, -0.25) is 0 Å². The van der Waals surface area contributed by atoms with E-state index < -0.39 is 0 Å². The first-order chi connectivity index (χ1) is 8.63. The van der Waals surface area contributed by atoms with Crippen molar-refractivity contribution in [1.82, 2.24) is 10.2 Å². The largest absolute Gasteiger partial charge is 0.399 e. The first-order valence-electron chi connectivity index (χ1n) is 6.25. The van der Waals surface area contributed by atoms with E-state index in [-0.39, 0.29) is 12.1 Å². The Balaban J connectivity index is 1.83. The third kappa shape index (κ3) is 3.63. The predicted octanol–water partition coefficient (Wildman–Crippen LogP) is 1.48. The fourth-order valence-electron chi connectivity index (χ4n) is 2.20. The van der Waals surface area contributed by atoms with Crippen molar-refractivity contribution >= 4 is 17.4 Å². The van der Waals surface area contributed by atoms with E-state index in [0.717, 1.165) is 31.6 Å². The predicted molar refractivity (Wildman–Crippen MR) is 73.5 cm³/mol. The van der Waals surface area contributed by atoms with E-state index in [4.69, 9.17) is 5.73 Å². The van der Waals surface area contributed by atoms with Gasteiger partial charge in [-0.1, -0.05) is 0 Å². The number of anilines is 2. The lowest BCUT2D eigenvalue weighted by Gasteiger charge is -2.30. The number of likely N-dealkylation sites (N-methyl/N-ethyl adjacent to an activating group) is 1. The van der Waals surface area contributed by atoms with Crippen molar-refractivity contribution in [1.29, 1.82) is 0 Å². The molecule has 4 N–H and O–H groups in total. The highest BCUT2D eigenvalue weighted by atomic mass is 16.2. The molecule has 1 unspecified atom stereocenters. The SMILES string of the molecule is CN1CCCC(NC(=O)Nc2ccc(N)cc2)C1. The van der Waals surface area contributed by atoms with Gasteiger partial charge < -0.3 is 21.3 Å². The number of rotatable bonds is 2. The van der Waals surface area contributed by atoms with Gasteiger partial charge in [-0.05, 0) is 50.7 Å². The second-order valence-electron chi connectivity index (χ2n) is 4.82. The summed E-state index contributed by atoms with van der Waals surface area (Å²) >= 11 is 0. The van der Waals surface area contributed by atoms with Crippen LogP contribution in [0.1, 0.15) is 12.8 Å². The number of nitrogens with zero attached hydrogens (tertiary/aromatic N) is 1. The highest BCUT2D eigenvalue weighted by molar-refractivity contribution is 5.89. The normalized spacial score (nSPS) is 20.4. The number of hydrogen-bond acceptors (Lipinski definition) is 3. The molecule has 5 nitrogen and oxygen atoms in total. The number of amides is 2. The fourth-order valence-corrected chi connectivity index (χ4v) is 2.20. The van der Waals surface area contributed by atoms with E-state index in [0.29, 0.717) is 5.69 Å². The van der Waals surface area contributed by atoms with Gasteiger partial charge in [-0.15, -0.1) is 0 Å². The Hall–Kier alpha value is -1.75. The summed E-state index contributed by atoms with van der Waals surface area (Å²) in [6, 6.07) is 7.20. The third-order valence-corrected chi connectivity index (χ3v) is 3.13. The highest BCUT2D eigenvalue weighted by Gasteiger charge is 2.18. The molecular weight excluding hydrogens is 228 g/mol. The maximum absolute atomic E-state index is 11.8. The molecule has 0 spiro atoms. The summed E-state index contributed by atoms with van der Waals surface area (Å²) in [6.07, 6.45) is 2.17. The van der Waals surface area contributed by atoms with Gasteiger partial charge in [0.1, 0.15) is 0 Å². The van der Waals surface area contributed by atoms with Crippen LogP contribution >= 0.6 is 0 Å². The lowest BCUT2D eigenvalue weighted by Crippen LogP contribution is -2.47. The summed E-state index contributed by atoms with van der Waals surface area (Å²) in [5, 5.41) is 5.80. The van der Waals surface area contributed by atoms with E-state index in [9.17, 15) is 4.79 Å². The minimum atomic E-state index is -0.153. The molecule has 1 aromatic carbocycles. The molecule has 0 bridgehead atoms. The van der Waals surface area contributed by atoms with Crippen LogP contribution < -0.4 is 16.4 Å². The second-order valence-corrected chi connectivity index (χ2v) is 4.82. The first-order valence-corrected chi connectivity index (χ1v) is 6.25. The Bertz CT molecular complexity index is 404. The average molecular weight is 248 g/mol. The van der Waals surface area contributed by atoms with Crippen molar-refractivity contribution in [3.63, 3.8) is 0 Å². The molecule has 0 saturated carbocycles. The summed E-state index contributed by atoms with van der Waals surface area (Å²) in [5.74, 6) is 0. The molecule has 1 heterocycles. The van der Waals surface area contributed by atoms with Crippen molar-refractivity contribution in [3.8, 4) is 0 Å². The Morgan fingerprint density at radius 1 is 1.39 bits per heavy atom. The number of piperidine rings is 1. The number of carbonyl (C=O) groups excluding carboxylic acids is 1. The van der Waals surface area contributed by atoms with E-state index >= 15 is 0 Å². The number of nitrogen functional groups attached to an aromatic ring is 1. The number of nitrogens with one attached hydrogen (secondary N) is 2. The average Bonchev–Trinajstić information content (AvgIpc) is 2.32. The molecule has 1 saturated heterocycles. The van der Waals surface area contributed by atoms with E-state index in [2.05, 4.69) is 22.6 Å². The molecule has 5 heteroatoms. The fraction of sp³-hybridized carbons (Fsp3) is 0.462. The zero-order valence-corrected chi connectivity index (χ0v) is 10.6. The minimum absolute atomic E-state index is 0.153. The van der Waals surface area contributed by atoms with Crippen LogP contribution in [-0.4, -0.2) is 37.1 Å². The van der Waals surface area contributed by atoms with Crippen molar-refractivity contribution in [2.24, 2.45) is 0 Å². The summed E-state index contributed by atoms with van der Waals surface area (Å²) in [7, 11) is 2.08. The van der Waals surface area contributed by atoms with Crippen molar-refractivity contribution in [3.05, 3.63) is 24.3 Å². The highest BCUT2D eigenvalue weighted by Crippen LogP contribution is 2.11. The van der Waals surface area contributed by atoms with Gasteiger partial charge in [0.25, 0.3) is 0 Å². The van der Waals surface area contributed by atoms with Gasteiger partial charge in [0.15, 0.2) is 0 Å². The molecule has 2 rings (SSSR count). The number of urea groups is 1. The van der Waals surface area contributed by atoms with Crippen LogP contribution in [0.5, 0.6) is 0 Å². The summed E-state index contributed by atoms with van der Waals surface area (Å²) in [5.41, 5.74) is 7.03. The number of hydrogen-bond donors (Lipinski definition) is 3. The molecule has 0 aromatic heterocycles. The number of carbonyl (C=O) groups is 1. The molecule has 0 aliphatic carbocycles. The van der Waals surface area contributed by atoms with Crippen LogP contribution in [0, 0.1) is 0 Å². The molecule has 1 atom stereocenters. The van der Waals surface area contributed by atoms with Gasteiger partial charge in [-0.2, -0.15) is 0 Å². The monoisotopic (exact) mass is 248 g/mol. The van der Waals surface area contributed by atoms with E-state index in [1.54, 1.807) is 24.3 Å². The Kier molecular flexibility index (Phi) is 4.04. The number of likely N-dealkylation sites (tertiary alicyclic amines) is 1. The molecule has 1 aliphatic rings. The lowest BCUT2D eigenvalue weighted by molar-refractivity contribution is 0.216. The van der Waals surface area contributed by atoms with Crippen LogP contribution in [0.15, 0.2) is 24.3 Å². The maximum atomic E-state index is 11.8. The zero-order valence-electron chi connectivity index (χ0n) is 10.6. The second kappa shape index (κ2) is 5.73. The van der Waals surface area contributed by atoms with Gasteiger partial charge in [-0.25, -0.2) is 4.79 Å². The Labute approximate surface area is 107 Å². The maximum Gasteiger partial charge on any atom is 0.319 e. The number of nitrogens with two attached hydrogens (primary N) is 1. The smallest absolute Gasteiger partial charge is 0.319 e. The van der Waals surface area contributed by atoms with Crippen LogP contribution in [0.2, 0.25) is 0 Å². The van der Waals surface area contributed by atoms with Crippen LogP contribution in [-0.2, 0) is 0 Å². The molecule has 2 amide bonds. The molecule has 18 heavy (non-hydrogen) atoms. The Morgan fingerprint density at radius 3 is 2.78 bits per heavy atom. The number of benzene rings is 1. The molecule has 1 aromatic rings.